The van der Waals surface area contributed by atoms with Crippen LogP contribution in [-0.4, -0.2) is 24.0 Å². The number of hydrogen-bond acceptors (Lipinski definition) is 2. The number of carbonyl (C=O) groups excluding carboxylic acids is 1. The number of benzene rings is 1. The van der Waals surface area contributed by atoms with Gasteiger partial charge in [0.25, 0.3) is 0 Å². The number of amides is 1. The average Bonchev–Trinajstić information content (AvgIpc) is 2.36. The molecule has 0 aliphatic heterocycles. The molecule has 1 aliphatic rings. The summed E-state index contributed by atoms with van der Waals surface area (Å²) < 4.78 is 1.16. The second kappa shape index (κ2) is 6.93. The number of aryl methyl sites for hydroxylation is 1. The molecule has 0 bridgehead atoms. The van der Waals surface area contributed by atoms with Crippen LogP contribution in [0.25, 0.3) is 0 Å². The molecule has 0 saturated heterocycles. The molecule has 4 heteroatoms. The maximum Gasteiger partial charge on any atom is 0.221 e. The number of halogens is 1. The van der Waals surface area contributed by atoms with Gasteiger partial charge in [0.2, 0.25) is 5.91 Å². The van der Waals surface area contributed by atoms with E-state index in [1.54, 1.807) is 0 Å². The van der Waals surface area contributed by atoms with Crippen molar-refractivity contribution in [2.75, 3.05) is 6.54 Å². The first-order valence-electron chi connectivity index (χ1n) is 7.65. The summed E-state index contributed by atoms with van der Waals surface area (Å²) in [7, 11) is 0. The van der Waals surface area contributed by atoms with Crippen molar-refractivity contribution in [3.8, 4) is 0 Å². The molecule has 2 N–H and O–H groups in total. The molecule has 1 aliphatic carbocycles. The Kier molecular flexibility index (Phi) is 5.44. The van der Waals surface area contributed by atoms with E-state index in [0.29, 0.717) is 12.5 Å². The van der Waals surface area contributed by atoms with Gasteiger partial charge in [0.15, 0.2) is 0 Å². The van der Waals surface area contributed by atoms with Gasteiger partial charge in [0.05, 0.1) is 0 Å². The minimum Gasteiger partial charge on any atom is -0.351 e. The van der Waals surface area contributed by atoms with E-state index in [9.17, 15) is 4.79 Å². The molecule has 1 unspecified atom stereocenters. The molecule has 0 radical (unpaired) electrons. The molecule has 2 rings (SSSR count). The lowest BCUT2D eigenvalue weighted by Gasteiger charge is -2.26. The monoisotopic (exact) mass is 352 g/mol. The molecule has 1 aromatic carbocycles. The van der Waals surface area contributed by atoms with Crippen molar-refractivity contribution in [3.63, 3.8) is 0 Å². The third-order valence-corrected chi connectivity index (χ3v) is 4.19. The van der Waals surface area contributed by atoms with E-state index in [1.165, 1.54) is 11.1 Å². The van der Waals surface area contributed by atoms with Gasteiger partial charge in [-0.2, -0.15) is 0 Å². The summed E-state index contributed by atoms with van der Waals surface area (Å²) in [5, 5.41) is 6.52. The van der Waals surface area contributed by atoms with Crippen LogP contribution in [0.1, 0.15) is 44.7 Å². The summed E-state index contributed by atoms with van der Waals surface area (Å²) >= 11 is 3.53. The van der Waals surface area contributed by atoms with Gasteiger partial charge < -0.3 is 10.6 Å². The lowest BCUT2D eigenvalue weighted by atomic mass is 9.88. The van der Waals surface area contributed by atoms with Gasteiger partial charge in [-0.1, -0.05) is 22.0 Å². The van der Waals surface area contributed by atoms with Crippen molar-refractivity contribution in [1.82, 2.24) is 10.6 Å². The first kappa shape index (κ1) is 16.5. The maximum absolute atomic E-state index is 11.8. The summed E-state index contributed by atoms with van der Waals surface area (Å²) in [5.74, 6) is 0.121. The van der Waals surface area contributed by atoms with E-state index < -0.39 is 0 Å². The smallest absolute Gasteiger partial charge is 0.221 e. The van der Waals surface area contributed by atoms with Gasteiger partial charge in [-0.15, -0.1) is 0 Å². The van der Waals surface area contributed by atoms with Gasteiger partial charge >= 0.3 is 0 Å². The van der Waals surface area contributed by atoms with Crippen LogP contribution in [0.3, 0.4) is 0 Å². The first-order chi connectivity index (χ1) is 9.83. The standard InChI is InChI=1S/C17H25BrN2O/c1-17(2,3)20-16(21)8-9-19-15-7-5-12-10-14(18)6-4-13(12)11-15/h4,6,10,15,19H,5,7-9,11H2,1-3H3,(H,20,21). The van der Waals surface area contributed by atoms with E-state index in [0.717, 1.165) is 30.3 Å². The number of nitrogens with one attached hydrogen (secondary N) is 2. The highest BCUT2D eigenvalue weighted by atomic mass is 79.9. The zero-order valence-corrected chi connectivity index (χ0v) is 14.7. The van der Waals surface area contributed by atoms with Crippen LogP contribution in [0.4, 0.5) is 0 Å². The fourth-order valence-electron chi connectivity index (χ4n) is 2.77. The van der Waals surface area contributed by atoms with Crippen molar-refractivity contribution in [2.24, 2.45) is 0 Å². The summed E-state index contributed by atoms with van der Waals surface area (Å²) in [5.41, 5.74) is 2.74. The highest BCUT2D eigenvalue weighted by Crippen LogP contribution is 2.24. The zero-order chi connectivity index (χ0) is 15.5. The van der Waals surface area contributed by atoms with E-state index in [-0.39, 0.29) is 11.4 Å². The molecule has 3 nitrogen and oxygen atoms in total. The SMILES string of the molecule is CC(C)(C)NC(=O)CCNC1CCc2cc(Br)ccc2C1. The summed E-state index contributed by atoms with van der Waals surface area (Å²) in [6, 6.07) is 7.03. The topological polar surface area (TPSA) is 41.1 Å². The maximum atomic E-state index is 11.8. The molecule has 116 valence electrons. The van der Waals surface area contributed by atoms with Crippen molar-refractivity contribution in [1.29, 1.82) is 0 Å². The van der Waals surface area contributed by atoms with Crippen LogP contribution in [0.2, 0.25) is 0 Å². The summed E-state index contributed by atoms with van der Waals surface area (Å²) in [6.07, 6.45) is 3.86. The van der Waals surface area contributed by atoms with Crippen molar-refractivity contribution in [3.05, 3.63) is 33.8 Å². The normalized spacial score (nSPS) is 18.2. The third-order valence-electron chi connectivity index (χ3n) is 3.70. The molecule has 0 spiro atoms. The lowest BCUT2D eigenvalue weighted by molar-refractivity contribution is -0.122. The third kappa shape index (κ3) is 5.44. The fraction of sp³-hybridized carbons (Fsp3) is 0.588. The van der Waals surface area contributed by atoms with Gasteiger partial charge in [0.1, 0.15) is 0 Å². The van der Waals surface area contributed by atoms with Crippen LogP contribution in [-0.2, 0) is 17.6 Å². The molecule has 0 heterocycles. The zero-order valence-electron chi connectivity index (χ0n) is 13.1. The second-order valence-electron chi connectivity index (χ2n) is 6.86. The largest absolute Gasteiger partial charge is 0.351 e. The van der Waals surface area contributed by atoms with Crippen LogP contribution in [0.5, 0.6) is 0 Å². The van der Waals surface area contributed by atoms with E-state index in [4.69, 9.17) is 0 Å². The Morgan fingerprint density at radius 2 is 2.10 bits per heavy atom. The Hall–Kier alpha value is -0.870. The number of carbonyl (C=O) groups is 1. The minimum atomic E-state index is -0.145. The van der Waals surface area contributed by atoms with Crippen molar-refractivity contribution >= 4 is 21.8 Å². The Morgan fingerprint density at radius 1 is 1.33 bits per heavy atom. The summed E-state index contributed by atoms with van der Waals surface area (Å²) in [6.45, 7) is 6.77. The molecule has 1 atom stereocenters. The van der Waals surface area contributed by atoms with E-state index in [1.807, 2.05) is 20.8 Å². The van der Waals surface area contributed by atoms with Crippen LogP contribution >= 0.6 is 15.9 Å². The predicted octanol–water partition coefficient (Wildman–Crippen LogP) is 3.20. The number of rotatable bonds is 4. The first-order valence-corrected chi connectivity index (χ1v) is 8.44. The van der Waals surface area contributed by atoms with Gasteiger partial charge in [-0.25, -0.2) is 0 Å². The van der Waals surface area contributed by atoms with E-state index >= 15 is 0 Å². The highest BCUT2D eigenvalue weighted by molar-refractivity contribution is 9.10. The molecule has 0 fully saturated rings. The lowest BCUT2D eigenvalue weighted by Crippen LogP contribution is -2.43. The summed E-state index contributed by atoms with van der Waals surface area (Å²) in [4.78, 5) is 11.8. The number of fused-ring (bicyclic) bond motifs is 1. The minimum absolute atomic E-state index is 0.121. The Labute approximate surface area is 136 Å². The van der Waals surface area contributed by atoms with Gasteiger partial charge in [0, 0.05) is 29.0 Å². The molecular weight excluding hydrogens is 328 g/mol. The van der Waals surface area contributed by atoms with Gasteiger partial charge in [-0.3, -0.25) is 4.79 Å². The number of hydrogen-bond donors (Lipinski definition) is 2. The van der Waals surface area contributed by atoms with Crippen LogP contribution in [0.15, 0.2) is 22.7 Å². The molecule has 0 aromatic heterocycles. The van der Waals surface area contributed by atoms with Crippen LogP contribution < -0.4 is 10.6 Å². The van der Waals surface area contributed by atoms with Crippen molar-refractivity contribution < 1.29 is 4.79 Å². The van der Waals surface area contributed by atoms with Crippen LogP contribution in [0, 0.1) is 0 Å². The molecular formula is C17H25BrN2O. The second-order valence-corrected chi connectivity index (χ2v) is 7.77. The fourth-order valence-corrected chi connectivity index (χ4v) is 3.18. The Morgan fingerprint density at radius 3 is 2.81 bits per heavy atom. The molecule has 1 amide bonds. The quantitative estimate of drug-likeness (QED) is 0.873. The van der Waals surface area contributed by atoms with Gasteiger partial charge in [-0.05, 0) is 63.3 Å². The molecule has 1 aromatic rings. The highest BCUT2D eigenvalue weighted by Gasteiger charge is 2.19. The molecule has 0 saturated carbocycles. The van der Waals surface area contributed by atoms with Crippen molar-refractivity contribution in [2.45, 2.75) is 58.0 Å². The predicted molar refractivity (Wildman–Crippen MR) is 90.5 cm³/mol. The molecule has 21 heavy (non-hydrogen) atoms. The Bertz CT molecular complexity index is 508. The average molecular weight is 353 g/mol. The Balaban J connectivity index is 1.76. The van der Waals surface area contributed by atoms with E-state index in [2.05, 4.69) is 44.8 Å².